The molecule has 0 aromatic rings. The van der Waals surface area contributed by atoms with Crippen molar-refractivity contribution in [3.63, 3.8) is 0 Å². The maximum absolute atomic E-state index is 8.58. The Hall–Kier alpha value is -0.0800. The lowest BCUT2D eigenvalue weighted by molar-refractivity contribution is 0.275. The van der Waals surface area contributed by atoms with Gasteiger partial charge in [-0.1, -0.05) is 6.42 Å². The number of rotatable bonds is 4. The van der Waals surface area contributed by atoms with Crippen molar-refractivity contribution in [2.75, 3.05) is 13.2 Å². The zero-order valence-electron chi connectivity index (χ0n) is 7.18. The minimum atomic E-state index is 0.354. The highest BCUT2D eigenvalue weighted by atomic mass is 16.2. The SMILES string of the molecule is OCCCCC1CCCCN1. The van der Waals surface area contributed by atoms with E-state index in [-0.39, 0.29) is 0 Å². The van der Waals surface area contributed by atoms with Gasteiger partial charge < -0.3 is 10.4 Å². The van der Waals surface area contributed by atoms with Crippen LogP contribution in [0.5, 0.6) is 0 Å². The number of hydrogen-bond acceptors (Lipinski definition) is 2. The van der Waals surface area contributed by atoms with E-state index in [0.717, 1.165) is 12.5 Å². The van der Waals surface area contributed by atoms with Gasteiger partial charge in [-0.2, -0.15) is 0 Å². The van der Waals surface area contributed by atoms with Crippen LogP contribution in [0.4, 0.5) is 0 Å². The minimum Gasteiger partial charge on any atom is -0.396 e. The van der Waals surface area contributed by atoms with Gasteiger partial charge in [-0.25, -0.2) is 0 Å². The third kappa shape index (κ3) is 3.73. The van der Waals surface area contributed by atoms with Crippen molar-refractivity contribution in [2.45, 2.75) is 44.6 Å². The first-order chi connectivity index (χ1) is 5.43. The second kappa shape index (κ2) is 5.56. The van der Waals surface area contributed by atoms with Gasteiger partial charge in [0.05, 0.1) is 0 Å². The van der Waals surface area contributed by atoms with Crippen LogP contribution in [0, 0.1) is 0 Å². The van der Waals surface area contributed by atoms with Gasteiger partial charge in [-0.05, 0) is 38.6 Å². The van der Waals surface area contributed by atoms with E-state index in [1.165, 1.54) is 38.6 Å². The first-order valence-corrected chi connectivity index (χ1v) is 4.77. The van der Waals surface area contributed by atoms with E-state index in [2.05, 4.69) is 5.32 Å². The number of unbranched alkanes of at least 4 members (excludes halogenated alkanes) is 1. The van der Waals surface area contributed by atoms with Crippen molar-refractivity contribution in [2.24, 2.45) is 0 Å². The zero-order valence-corrected chi connectivity index (χ0v) is 7.18. The predicted octanol–water partition coefficient (Wildman–Crippen LogP) is 1.29. The van der Waals surface area contributed by atoms with Crippen molar-refractivity contribution in [3.05, 3.63) is 0 Å². The molecule has 1 aliphatic heterocycles. The molecule has 1 rings (SSSR count). The second-order valence-corrected chi connectivity index (χ2v) is 3.37. The second-order valence-electron chi connectivity index (χ2n) is 3.37. The van der Waals surface area contributed by atoms with E-state index in [4.69, 9.17) is 5.11 Å². The minimum absolute atomic E-state index is 0.354. The van der Waals surface area contributed by atoms with Gasteiger partial charge in [0, 0.05) is 12.6 Å². The van der Waals surface area contributed by atoms with Gasteiger partial charge in [-0.3, -0.25) is 0 Å². The van der Waals surface area contributed by atoms with E-state index in [0.29, 0.717) is 6.61 Å². The van der Waals surface area contributed by atoms with Gasteiger partial charge >= 0.3 is 0 Å². The molecule has 0 aliphatic carbocycles. The van der Waals surface area contributed by atoms with Gasteiger partial charge in [0.15, 0.2) is 0 Å². The lowest BCUT2D eigenvalue weighted by atomic mass is 10.00. The summed E-state index contributed by atoms with van der Waals surface area (Å²) in [5.41, 5.74) is 0. The molecule has 2 heteroatoms. The summed E-state index contributed by atoms with van der Waals surface area (Å²) in [5.74, 6) is 0. The number of aliphatic hydroxyl groups excluding tert-OH is 1. The molecule has 0 saturated carbocycles. The lowest BCUT2D eigenvalue weighted by Crippen LogP contribution is -2.33. The topological polar surface area (TPSA) is 32.3 Å². The summed E-state index contributed by atoms with van der Waals surface area (Å²) < 4.78 is 0. The normalized spacial score (nSPS) is 25.4. The predicted molar refractivity (Wildman–Crippen MR) is 46.6 cm³/mol. The van der Waals surface area contributed by atoms with E-state index in [1.54, 1.807) is 0 Å². The molecule has 66 valence electrons. The molecule has 0 amide bonds. The van der Waals surface area contributed by atoms with E-state index < -0.39 is 0 Å². The summed E-state index contributed by atoms with van der Waals surface area (Å²) in [6, 6.07) is 0.746. The van der Waals surface area contributed by atoms with Crippen LogP contribution in [0.3, 0.4) is 0 Å². The van der Waals surface area contributed by atoms with Gasteiger partial charge in [0.1, 0.15) is 0 Å². The fourth-order valence-corrected chi connectivity index (χ4v) is 1.67. The zero-order chi connectivity index (χ0) is 7.94. The molecule has 1 heterocycles. The van der Waals surface area contributed by atoms with Crippen LogP contribution in [-0.2, 0) is 0 Å². The van der Waals surface area contributed by atoms with Crippen LogP contribution in [0.1, 0.15) is 38.5 Å². The number of nitrogens with one attached hydrogen (secondary N) is 1. The fourth-order valence-electron chi connectivity index (χ4n) is 1.67. The first-order valence-electron chi connectivity index (χ1n) is 4.77. The molecule has 1 saturated heterocycles. The van der Waals surface area contributed by atoms with Gasteiger partial charge in [-0.15, -0.1) is 0 Å². The van der Waals surface area contributed by atoms with Crippen molar-refractivity contribution < 1.29 is 5.11 Å². The summed E-state index contributed by atoms with van der Waals surface area (Å²) >= 11 is 0. The highest BCUT2D eigenvalue weighted by Gasteiger charge is 2.10. The third-order valence-corrected chi connectivity index (χ3v) is 2.37. The monoisotopic (exact) mass is 157 g/mol. The number of aliphatic hydroxyl groups is 1. The summed E-state index contributed by atoms with van der Waals surface area (Å²) in [4.78, 5) is 0. The van der Waals surface area contributed by atoms with Crippen molar-refractivity contribution >= 4 is 0 Å². The lowest BCUT2D eigenvalue weighted by Gasteiger charge is -2.23. The summed E-state index contributed by atoms with van der Waals surface area (Å²) in [7, 11) is 0. The molecule has 1 fully saturated rings. The quantitative estimate of drug-likeness (QED) is 0.603. The van der Waals surface area contributed by atoms with Crippen LogP contribution >= 0.6 is 0 Å². The average molecular weight is 157 g/mol. The molecule has 1 atom stereocenters. The Labute approximate surface area is 69.0 Å². The standard InChI is InChI=1S/C9H19NO/c11-8-4-2-6-9-5-1-3-7-10-9/h9-11H,1-8H2. The summed E-state index contributed by atoms with van der Waals surface area (Å²) in [6.07, 6.45) is 7.46. The average Bonchev–Trinajstić information content (AvgIpc) is 2.07. The first kappa shape index (κ1) is 9.01. The van der Waals surface area contributed by atoms with Gasteiger partial charge in [0.2, 0.25) is 0 Å². The van der Waals surface area contributed by atoms with Crippen LogP contribution in [0.15, 0.2) is 0 Å². The molecular formula is C9H19NO. The highest BCUT2D eigenvalue weighted by molar-refractivity contribution is 4.71. The third-order valence-electron chi connectivity index (χ3n) is 2.37. The molecule has 0 spiro atoms. The van der Waals surface area contributed by atoms with Crippen LogP contribution in [0.25, 0.3) is 0 Å². The van der Waals surface area contributed by atoms with Crippen molar-refractivity contribution in [1.29, 1.82) is 0 Å². The Balaban J connectivity index is 1.96. The van der Waals surface area contributed by atoms with Crippen LogP contribution < -0.4 is 5.32 Å². The van der Waals surface area contributed by atoms with E-state index in [9.17, 15) is 0 Å². The summed E-state index contributed by atoms with van der Waals surface area (Å²) in [5, 5.41) is 12.1. The number of hydrogen-bond donors (Lipinski definition) is 2. The molecule has 0 bridgehead atoms. The molecule has 1 unspecified atom stereocenters. The van der Waals surface area contributed by atoms with Gasteiger partial charge in [0.25, 0.3) is 0 Å². The Morgan fingerprint density at radius 2 is 2.18 bits per heavy atom. The molecule has 11 heavy (non-hydrogen) atoms. The Morgan fingerprint density at radius 3 is 2.82 bits per heavy atom. The Bertz CT molecular complexity index is 89.6. The smallest absolute Gasteiger partial charge is 0.0431 e. The number of piperidine rings is 1. The largest absolute Gasteiger partial charge is 0.396 e. The molecule has 1 aliphatic rings. The molecule has 2 nitrogen and oxygen atoms in total. The highest BCUT2D eigenvalue weighted by Crippen LogP contribution is 2.12. The Kier molecular flexibility index (Phi) is 4.55. The van der Waals surface area contributed by atoms with E-state index >= 15 is 0 Å². The molecule has 2 N–H and O–H groups in total. The maximum Gasteiger partial charge on any atom is 0.0431 e. The summed E-state index contributed by atoms with van der Waals surface area (Å²) in [6.45, 7) is 1.55. The van der Waals surface area contributed by atoms with Crippen LogP contribution in [0.2, 0.25) is 0 Å². The molecule has 0 aromatic carbocycles. The fraction of sp³-hybridized carbons (Fsp3) is 1.00. The molecular weight excluding hydrogens is 138 g/mol. The molecule has 0 aromatic heterocycles. The van der Waals surface area contributed by atoms with Crippen molar-refractivity contribution in [3.8, 4) is 0 Å². The molecule has 0 radical (unpaired) electrons. The Morgan fingerprint density at radius 1 is 1.27 bits per heavy atom. The van der Waals surface area contributed by atoms with E-state index in [1.807, 2.05) is 0 Å². The van der Waals surface area contributed by atoms with Crippen molar-refractivity contribution in [1.82, 2.24) is 5.32 Å². The maximum atomic E-state index is 8.58. The van der Waals surface area contributed by atoms with Crippen LogP contribution in [-0.4, -0.2) is 24.3 Å².